The average Bonchev–Trinajstić information content (AvgIpc) is 2.42. The van der Waals surface area contributed by atoms with Crippen molar-refractivity contribution in [2.24, 2.45) is 0 Å². The average molecular weight is 263 g/mol. The summed E-state index contributed by atoms with van der Waals surface area (Å²) in [6.45, 7) is 1.70. The molecule has 1 unspecified atom stereocenters. The Kier molecular flexibility index (Phi) is 5.60. The predicted octanol–water partition coefficient (Wildman–Crippen LogP) is 1.69. The van der Waals surface area contributed by atoms with Crippen molar-refractivity contribution >= 4 is 18.0 Å². The van der Waals surface area contributed by atoms with Crippen LogP contribution in [0.5, 0.6) is 5.75 Å². The van der Waals surface area contributed by atoms with Crippen LogP contribution in [0.15, 0.2) is 30.3 Å². The van der Waals surface area contributed by atoms with E-state index in [0.29, 0.717) is 12.2 Å². The predicted molar refractivity (Wildman–Crippen MR) is 71.9 cm³/mol. The van der Waals surface area contributed by atoms with Gasteiger partial charge in [0.15, 0.2) is 0 Å². The molecule has 0 saturated carbocycles. The number of carbonyl (C=O) groups is 2. The highest BCUT2D eigenvalue weighted by Gasteiger charge is 2.15. The third kappa shape index (κ3) is 4.46. The van der Waals surface area contributed by atoms with E-state index in [1.165, 1.54) is 6.08 Å². The van der Waals surface area contributed by atoms with Crippen LogP contribution in [0.2, 0.25) is 0 Å². The molecule has 0 bridgehead atoms. The molecule has 1 amide bonds. The van der Waals surface area contributed by atoms with E-state index in [1.807, 2.05) is 12.1 Å². The molecule has 5 nitrogen and oxygen atoms in total. The number of aliphatic carboxylic acids is 1. The molecule has 102 valence electrons. The van der Waals surface area contributed by atoms with Gasteiger partial charge in [-0.25, -0.2) is 4.79 Å². The fourth-order valence-corrected chi connectivity index (χ4v) is 1.53. The summed E-state index contributed by atoms with van der Waals surface area (Å²) < 4.78 is 5.14. The van der Waals surface area contributed by atoms with Crippen LogP contribution in [0.1, 0.15) is 18.9 Å². The number of amides is 1. The van der Waals surface area contributed by atoms with Crippen LogP contribution < -0.4 is 10.1 Å². The number of hydrogen-bond donors (Lipinski definition) is 2. The van der Waals surface area contributed by atoms with Gasteiger partial charge in [0, 0.05) is 11.6 Å². The second-order valence-corrected chi connectivity index (χ2v) is 3.88. The number of carbonyl (C=O) groups excluding carboxylic acids is 1. The fraction of sp³-hybridized carbons (Fsp3) is 0.286. The fourth-order valence-electron chi connectivity index (χ4n) is 1.53. The van der Waals surface area contributed by atoms with Crippen LogP contribution in [0, 0.1) is 0 Å². The summed E-state index contributed by atoms with van der Waals surface area (Å²) in [5.41, 5.74) is 0.753. The second-order valence-electron chi connectivity index (χ2n) is 3.88. The van der Waals surface area contributed by atoms with Crippen LogP contribution in [-0.4, -0.2) is 30.1 Å². The molecule has 0 aliphatic rings. The largest absolute Gasteiger partial charge is 0.496 e. The van der Waals surface area contributed by atoms with Gasteiger partial charge in [0.05, 0.1) is 7.11 Å². The minimum atomic E-state index is -1.04. The Balaban J connectivity index is 2.70. The minimum absolute atomic E-state index is 0.337. The van der Waals surface area contributed by atoms with Crippen molar-refractivity contribution in [3.05, 3.63) is 35.9 Å². The number of carboxylic acid groups (broad SMARTS) is 1. The maximum atomic E-state index is 11.6. The number of methoxy groups -OCH3 is 1. The first-order valence-corrected chi connectivity index (χ1v) is 5.92. The van der Waals surface area contributed by atoms with Gasteiger partial charge in [0.25, 0.3) is 0 Å². The summed E-state index contributed by atoms with van der Waals surface area (Å²) in [4.78, 5) is 22.4. The Morgan fingerprint density at radius 3 is 2.68 bits per heavy atom. The molecule has 0 spiro atoms. The molecular weight excluding hydrogens is 246 g/mol. The Labute approximate surface area is 111 Å². The molecule has 1 aromatic rings. The lowest BCUT2D eigenvalue weighted by molar-refractivity contribution is -0.141. The van der Waals surface area contributed by atoms with Crippen molar-refractivity contribution in [2.45, 2.75) is 19.4 Å². The zero-order valence-corrected chi connectivity index (χ0v) is 10.9. The number of rotatable bonds is 6. The van der Waals surface area contributed by atoms with E-state index in [-0.39, 0.29) is 0 Å². The zero-order valence-electron chi connectivity index (χ0n) is 10.9. The van der Waals surface area contributed by atoms with Gasteiger partial charge < -0.3 is 15.2 Å². The standard InChI is InChI=1S/C14H17NO4/c1-3-11(14(17)18)15-13(16)9-8-10-6-4-5-7-12(10)19-2/h4-9,11H,3H2,1-2H3,(H,15,16)(H,17,18)/b9-8+. The Morgan fingerprint density at radius 1 is 1.42 bits per heavy atom. The van der Waals surface area contributed by atoms with E-state index in [9.17, 15) is 9.59 Å². The molecular formula is C14H17NO4. The summed E-state index contributed by atoms with van der Waals surface area (Å²) in [5, 5.41) is 11.2. The molecule has 1 atom stereocenters. The lowest BCUT2D eigenvalue weighted by Crippen LogP contribution is -2.39. The molecule has 2 N–H and O–H groups in total. The first kappa shape index (κ1) is 14.8. The van der Waals surface area contributed by atoms with Crippen molar-refractivity contribution in [3.63, 3.8) is 0 Å². The monoisotopic (exact) mass is 263 g/mol. The normalized spacial score (nSPS) is 12.1. The third-order valence-electron chi connectivity index (χ3n) is 2.58. The SMILES string of the molecule is CCC(NC(=O)/C=C/c1ccccc1OC)C(=O)O. The van der Waals surface area contributed by atoms with E-state index >= 15 is 0 Å². The first-order valence-electron chi connectivity index (χ1n) is 5.92. The van der Waals surface area contributed by atoms with Gasteiger partial charge in [0.2, 0.25) is 5.91 Å². The van der Waals surface area contributed by atoms with Crippen molar-refractivity contribution in [1.82, 2.24) is 5.32 Å². The number of nitrogens with one attached hydrogen (secondary N) is 1. The van der Waals surface area contributed by atoms with Crippen molar-refractivity contribution in [3.8, 4) is 5.75 Å². The molecule has 5 heteroatoms. The molecule has 0 heterocycles. The van der Waals surface area contributed by atoms with Gasteiger partial charge >= 0.3 is 5.97 Å². The summed E-state index contributed by atoms with van der Waals surface area (Å²) in [7, 11) is 1.55. The number of hydrogen-bond acceptors (Lipinski definition) is 3. The third-order valence-corrected chi connectivity index (χ3v) is 2.58. The number of para-hydroxylation sites is 1. The Bertz CT molecular complexity index is 482. The smallest absolute Gasteiger partial charge is 0.326 e. The molecule has 0 aliphatic carbocycles. The van der Waals surface area contributed by atoms with Gasteiger partial charge in [-0.2, -0.15) is 0 Å². The van der Waals surface area contributed by atoms with Gasteiger partial charge in [0.1, 0.15) is 11.8 Å². The summed E-state index contributed by atoms with van der Waals surface area (Å²) in [5.74, 6) is -0.835. The number of ether oxygens (including phenoxy) is 1. The van der Waals surface area contributed by atoms with Crippen molar-refractivity contribution in [2.75, 3.05) is 7.11 Å². The quantitative estimate of drug-likeness (QED) is 0.766. The van der Waals surface area contributed by atoms with Crippen LogP contribution in [0.25, 0.3) is 6.08 Å². The van der Waals surface area contributed by atoms with E-state index in [1.54, 1.807) is 32.2 Å². The summed E-state index contributed by atoms with van der Waals surface area (Å²) >= 11 is 0. The number of benzene rings is 1. The Hall–Kier alpha value is -2.30. The Morgan fingerprint density at radius 2 is 2.11 bits per heavy atom. The molecule has 0 aromatic heterocycles. The van der Waals surface area contributed by atoms with E-state index in [2.05, 4.69) is 5.32 Å². The topological polar surface area (TPSA) is 75.6 Å². The lowest BCUT2D eigenvalue weighted by Gasteiger charge is -2.10. The lowest BCUT2D eigenvalue weighted by atomic mass is 10.2. The van der Waals surface area contributed by atoms with E-state index in [0.717, 1.165) is 5.56 Å². The molecule has 0 aliphatic heterocycles. The van der Waals surface area contributed by atoms with Crippen LogP contribution in [-0.2, 0) is 9.59 Å². The minimum Gasteiger partial charge on any atom is -0.496 e. The maximum absolute atomic E-state index is 11.6. The van der Waals surface area contributed by atoms with E-state index < -0.39 is 17.9 Å². The summed E-state index contributed by atoms with van der Waals surface area (Å²) in [6.07, 6.45) is 3.22. The highest BCUT2D eigenvalue weighted by molar-refractivity contribution is 5.94. The molecule has 19 heavy (non-hydrogen) atoms. The first-order chi connectivity index (χ1) is 9.08. The van der Waals surface area contributed by atoms with Crippen LogP contribution in [0.4, 0.5) is 0 Å². The molecule has 0 radical (unpaired) electrons. The van der Waals surface area contributed by atoms with Crippen LogP contribution >= 0.6 is 0 Å². The van der Waals surface area contributed by atoms with Gasteiger partial charge in [-0.15, -0.1) is 0 Å². The molecule has 1 aromatic carbocycles. The zero-order chi connectivity index (χ0) is 14.3. The van der Waals surface area contributed by atoms with Gasteiger partial charge in [-0.1, -0.05) is 25.1 Å². The summed E-state index contributed by atoms with van der Waals surface area (Å²) in [6, 6.07) is 6.37. The van der Waals surface area contributed by atoms with Crippen molar-refractivity contribution < 1.29 is 19.4 Å². The van der Waals surface area contributed by atoms with Gasteiger partial charge in [-0.05, 0) is 18.6 Å². The number of carboxylic acids is 1. The highest BCUT2D eigenvalue weighted by Crippen LogP contribution is 2.18. The van der Waals surface area contributed by atoms with Crippen LogP contribution in [0.3, 0.4) is 0 Å². The second kappa shape index (κ2) is 7.20. The maximum Gasteiger partial charge on any atom is 0.326 e. The molecule has 1 rings (SSSR count). The van der Waals surface area contributed by atoms with Gasteiger partial charge in [-0.3, -0.25) is 4.79 Å². The highest BCUT2D eigenvalue weighted by atomic mass is 16.5. The van der Waals surface area contributed by atoms with E-state index in [4.69, 9.17) is 9.84 Å². The molecule has 0 saturated heterocycles. The molecule has 0 fully saturated rings. The van der Waals surface area contributed by atoms with Crippen molar-refractivity contribution in [1.29, 1.82) is 0 Å².